The molecule has 1 aliphatic rings. The van der Waals surface area contributed by atoms with Crippen molar-refractivity contribution in [1.82, 2.24) is 4.98 Å². The first-order valence-corrected chi connectivity index (χ1v) is 9.32. The van der Waals surface area contributed by atoms with Gasteiger partial charge in [-0.05, 0) is 47.5 Å². The Balaban J connectivity index is 1.51. The van der Waals surface area contributed by atoms with Gasteiger partial charge in [-0.15, -0.1) is 0 Å². The third kappa shape index (κ3) is 2.57. The zero-order chi connectivity index (χ0) is 17.5. The van der Waals surface area contributed by atoms with E-state index in [0.29, 0.717) is 0 Å². The maximum Gasteiger partial charge on any atom is 0.0702 e. The fourth-order valence-corrected chi connectivity index (χ4v) is 4.20. The normalized spacial score (nSPS) is 12.2. The summed E-state index contributed by atoms with van der Waals surface area (Å²) < 4.78 is 0. The lowest BCUT2D eigenvalue weighted by molar-refractivity contribution is 1.31. The summed E-state index contributed by atoms with van der Waals surface area (Å²) in [4.78, 5) is 7.05. The molecule has 1 aliphatic heterocycles. The lowest BCUT2D eigenvalue weighted by Gasteiger charge is -2.21. The maximum absolute atomic E-state index is 4.56. The molecule has 0 fully saturated rings. The molecule has 0 saturated carbocycles. The zero-order valence-electron chi connectivity index (χ0n) is 14.1. The molecular formula is C23H16N2S. The molecule has 0 unspecified atom stereocenters. The van der Waals surface area contributed by atoms with Crippen LogP contribution in [0.1, 0.15) is 11.1 Å². The van der Waals surface area contributed by atoms with Crippen molar-refractivity contribution in [3.05, 3.63) is 96.7 Å². The van der Waals surface area contributed by atoms with Crippen molar-refractivity contribution in [3.8, 4) is 0 Å². The molecule has 2 heterocycles. The Hall–Kier alpha value is -3.04. The van der Waals surface area contributed by atoms with Gasteiger partial charge < -0.3 is 5.32 Å². The minimum absolute atomic E-state index is 0.983. The average molecular weight is 352 g/mol. The monoisotopic (exact) mass is 352 g/mol. The van der Waals surface area contributed by atoms with Gasteiger partial charge in [0.25, 0.3) is 0 Å². The Morgan fingerprint density at radius 1 is 0.808 bits per heavy atom. The minimum atomic E-state index is 0.983. The molecule has 1 N–H and O–H groups in total. The van der Waals surface area contributed by atoms with Crippen LogP contribution >= 0.6 is 11.8 Å². The van der Waals surface area contributed by atoms with Gasteiger partial charge in [-0.25, -0.2) is 0 Å². The minimum Gasteiger partial charge on any atom is -0.354 e. The van der Waals surface area contributed by atoms with Crippen LogP contribution in [-0.4, -0.2) is 4.98 Å². The summed E-state index contributed by atoms with van der Waals surface area (Å²) in [5, 5.41) is 4.67. The van der Waals surface area contributed by atoms with Crippen molar-refractivity contribution >= 4 is 39.6 Å². The standard InChI is InChI=1S/C23H16N2S/c1-15(18-12-17-6-2-3-7-19(17)24-14-18)16-10-11-23-21(13-16)25-20-8-4-5-9-22(20)26-23/h2-14,25H,1H2. The van der Waals surface area contributed by atoms with Crippen molar-refractivity contribution in [2.75, 3.05) is 5.32 Å². The molecule has 4 aromatic rings. The molecule has 0 atom stereocenters. The van der Waals surface area contributed by atoms with Crippen LogP contribution < -0.4 is 5.32 Å². The summed E-state index contributed by atoms with van der Waals surface area (Å²) in [6.07, 6.45) is 1.90. The number of pyridine rings is 1. The van der Waals surface area contributed by atoms with Gasteiger partial charge in [0.2, 0.25) is 0 Å². The summed E-state index contributed by atoms with van der Waals surface area (Å²) >= 11 is 1.80. The number of hydrogen-bond acceptors (Lipinski definition) is 3. The van der Waals surface area contributed by atoms with Crippen LogP contribution in [0, 0.1) is 0 Å². The van der Waals surface area contributed by atoms with Crippen molar-refractivity contribution in [1.29, 1.82) is 0 Å². The number of para-hydroxylation sites is 2. The van der Waals surface area contributed by atoms with Crippen molar-refractivity contribution in [3.63, 3.8) is 0 Å². The van der Waals surface area contributed by atoms with Crippen LogP contribution in [0.25, 0.3) is 16.5 Å². The van der Waals surface area contributed by atoms with Gasteiger partial charge >= 0.3 is 0 Å². The lowest BCUT2D eigenvalue weighted by atomic mass is 9.99. The predicted octanol–water partition coefficient (Wildman–Crippen LogP) is 6.50. The average Bonchev–Trinajstić information content (AvgIpc) is 2.71. The predicted molar refractivity (Wildman–Crippen MR) is 110 cm³/mol. The molecule has 3 heteroatoms. The summed E-state index contributed by atoms with van der Waals surface area (Å²) in [7, 11) is 0. The van der Waals surface area contributed by atoms with Crippen molar-refractivity contribution in [2.45, 2.75) is 9.79 Å². The molecule has 3 aromatic carbocycles. The Morgan fingerprint density at radius 3 is 2.58 bits per heavy atom. The van der Waals surface area contributed by atoms with E-state index in [1.165, 1.54) is 9.79 Å². The van der Waals surface area contributed by atoms with Crippen LogP contribution in [0.15, 0.2) is 95.4 Å². The van der Waals surface area contributed by atoms with E-state index in [0.717, 1.165) is 39.0 Å². The molecule has 0 amide bonds. The first-order chi connectivity index (χ1) is 12.8. The van der Waals surface area contributed by atoms with E-state index in [2.05, 4.69) is 71.5 Å². The molecular weight excluding hydrogens is 336 g/mol. The summed E-state index contributed by atoms with van der Waals surface area (Å²) in [6, 6.07) is 25.2. The topological polar surface area (TPSA) is 24.9 Å². The molecule has 1 aromatic heterocycles. The van der Waals surface area contributed by atoms with Gasteiger partial charge in [-0.3, -0.25) is 4.98 Å². The van der Waals surface area contributed by atoms with Crippen LogP contribution in [0.4, 0.5) is 11.4 Å². The highest BCUT2D eigenvalue weighted by Crippen LogP contribution is 2.44. The maximum atomic E-state index is 4.56. The molecule has 0 bridgehead atoms. The third-order valence-electron chi connectivity index (χ3n) is 4.64. The van der Waals surface area contributed by atoms with Gasteiger partial charge in [-0.1, -0.05) is 54.7 Å². The summed E-state index contributed by atoms with van der Waals surface area (Å²) in [5.41, 5.74) is 6.42. The van der Waals surface area contributed by atoms with Crippen LogP contribution in [-0.2, 0) is 0 Å². The number of hydrogen-bond donors (Lipinski definition) is 1. The molecule has 0 aliphatic carbocycles. The number of nitrogens with one attached hydrogen (secondary N) is 1. The number of anilines is 2. The molecule has 0 saturated heterocycles. The van der Waals surface area contributed by atoms with Gasteiger partial charge in [0, 0.05) is 26.9 Å². The number of aromatic nitrogens is 1. The number of fused-ring (bicyclic) bond motifs is 3. The van der Waals surface area contributed by atoms with Gasteiger partial charge in [0.05, 0.1) is 16.9 Å². The Bertz CT molecular complexity index is 1160. The van der Waals surface area contributed by atoms with E-state index >= 15 is 0 Å². The molecule has 26 heavy (non-hydrogen) atoms. The Kier molecular flexibility index (Phi) is 3.54. The van der Waals surface area contributed by atoms with E-state index in [1.807, 2.05) is 24.4 Å². The second-order valence-corrected chi connectivity index (χ2v) is 7.41. The molecule has 0 spiro atoms. The second-order valence-electron chi connectivity index (χ2n) is 6.33. The molecule has 2 nitrogen and oxygen atoms in total. The van der Waals surface area contributed by atoms with E-state index in [9.17, 15) is 0 Å². The van der Waals surface area contributed by atoms with Crippen LogP contribution in [0.5, 0.6) is 0 Å². The fourth-order valence-electron chi connectivity index (χ4n) is 3.23. The van der Waals surface area contributed by atoms with Gasteiger partial charge in [0.15, 0.2) is 0 Å². The SMILES string of the molecule is C=C(c1ccc2c(c1)Nc1ccccc1S2)c1cnc2ccccc2c1. The molecule has 124 valence electrons. The lowest BCUT2D eigenvalue weighted by Crippen LogP contribution is -2.00. The number of benzene rings is 3. The van der Waals surface area contributed by atoms with E-state index < -0.39 is 0 Å². The second kappa shape index (κ2) is 6.04. The van der Waals surface area contributed by atoms with Crippen LogP contribution in [0.3, 0.4) is 0 Å². The van der Waals surface area contributed by atoms with Gasteiger partial charge in [0.1, 0.15) is 0 Å². The van der Waals surface area contributed by atoms with E-state index in [4.69, 9.17) is 0 Å². The number of nitrogens with zero attached hydrogens (tertiary/aromatic N) is 1. The van der Waals surface area contributed by atoms with E-state index in [-0.39, 0.29) is 0 Å². The fraction of sp³-hybridized carbons (Fsp3) is 0. The Labute approximate surface area is 156 Å². The zero-order valence-corrected chi connectivity index (χ0v) is 14.9. The smallest absolute Gasteiger partial charge is 0.0702 e. The van der Waals surface area contributed by atoms with Crippen molar-refractivity contribution < 1.29 is 0 Å². The quantitative estimate of drug-likeness (QED) is 0.392. The highest BCUT2D eigenvalue weighted by atomic mass is 32.2. The highest BCUT2D eigenvalue weighted by Gasteiger charge is 2.16. The summed E-state index contributed by atoms with van der Waals surface area (Å²) in [5.74, 6) is 0. The van der Waals surface area contributed by atoms with Crippen LogP contribution in [0.2, 0.25) is 0 Å². The van der Waals surface area contributed by atoms with Gasteiger partial charge in [-0.2, -0.15) is 0 Å². The largest absolute Gasteiger partial charge is 0.354 e. The molecule has 5 rings (SSSR count). The van der Waals surface area contributed by atoms with E-state index in [1.54, 1.807) is 11.8 Å². The first-order valence-electron chi connectivity index (χ1n) is 8.50. The third-order valence-corrected chi connectivity index (χ3v) is 5.80. The Morgan fingerprint density at radius 2 is 1.62 bits per heavy atom. The molecule has 0 radical (unpaired) electrons. The highest BCUT2D eigenvalue weighted by molar-refractivity contribution is 7.99. The first kappa shape index (κ1) is 15.2. The van der Waals surface area contributed by atoms with Crippen molar-refractivity contribution in [2.24, 2.45) is 0 Å². The summed E-state index contributed by atoms with van der Waals surface area (Å²) in [6.45, 7) is 4.32. The number of rotatable bonds is 2.